The number of esters is 1. The highest BCUT2D eigenvalue weighted by molar-refractivity contribution is 6.78. The van der Waals surface area contributed by atoms with Crippen LogP contribution in [0.5, 0.6) is 0 Å². The maximum absolute atomic E-state index is 12.4. The van der Waals surface area contributed by atoms with Crippen LogP contribution in [0.4, 0.5) is 0 Å². The van der Waals surface area contributed by atoms with Gasteiger partial charge < -0.3 is 18.7 Å². The zero-order valence-corrected chi connectivity index (χ0v) is 33.1. The second-order valence-corrected chi connectivity index (χ2v) is 26.6. The lowest BCUT2D eigenvalue weighted by Gasteiger charge is -2.51. The molecule has 4 atom stereocenters. The molecule has 0 aliphatic heterocycles. The summed E-state index contributed by atoms with van der Waals surface area (Å²) in [4.78, 5) is 12.4. The monoisotopic (exact) mass is 648 g/mol. The van der Waals surface area contributed by atoms with Crippen molar-refractivity contribution in [3.05, 3.63) is 48.0 Å². The molecule has 1 rings (SSSR count). The van der Waals surface area contributed by atoms with Crippen molar-refractivity contribution in [1.29, 1.82) is 0 Å². The van der Waals surface area contributed by atoms with E-state index in [0.29, 0.717) is 39.7 Å². The lowest BCUT2D eigenvalue weighted by molar-refractivity contribution is -0.148. The van der Waals surface area contributed by atoms with Gasteiger partial charge in [-0.2, -0.15) is 0 Å². The van der Waals surface area contributed by atoms with Crippen molar-refractivity contribution < 1.29 is 23.5 Å². The van der Waals surface area contributed by atoms with Crippen LogP contribution >= 0.6 is 0 Å². The second kappa shape index (κ2) is 17.1. The third-order valence-electron chi connectivity index (χ3n) is 9.68. The van der Waals surface area contributed by atoms with E-state index < -0.39 is 34.3 Å². The number of rotatable bonds is 17. The Bertz CT molecular complexity index is 967. The number of hydrogen-bond donors (Lipinski definition) is 1. The molecule has 0 aliphatic rings. The summed E-state index contributed by atoms with van der Waals surface area (Å²) >= 11 is 0. The number of aliphatic hydroxyl groups is 1. The predicted molar refractivity (Wildman–Crippen MR) is 192 cm³/mol. The molecule has 1 aromatic carbocycles. The Morgan fingerprint density at radius 2 is 1.14 bits per heavy atom. The SMILES string of the molecule is CC(C)[Si](O[C@H]([C@@H](C)[C@@H](O)C/C=C/C(=O)OC(C)(C)C)[C@H](O[Si](C(C)C)(C(C)C)C(C)C)c1ccccc1)(C(C)C)C(C)C. The number of ether oxygens (including phenoxy) is 1. The topological polar surface area (TPSA) is 65.0 Å². The van der Waals surface area contributed by atoms with Gasteiger partial charge in [-0.25, -0.2) is 4.79 Å². The van der Waals surface area contributed by atoms with Gasteiger partial charge >= 0.3 is 5.97 Å². The molecule has 44 heavy (non-hydrogen) atoms. The van der Waals surface area contributed by atoms with Gasteiger partial charge in [0.05, 0.1) is 18.3 Å². The summed E-state index contributed by atoms with van der Waals surface area (Å²) < 4.78 is 20.8. The molecule has 0 radical (unpaired) electrons. The molecular weight excluding hydrogens is 581 g/mol. The molecule has 0 fully saturated rings. The van der Waals surface area contributed by atoms with Crippen molar-refractivity contribution in [3.63, 3.8) is 0 Å². The van der Waals surface area contributed by atoms with Crippen molar-refractivity contribution in [2.24, 2.45) is 5.92 Å². The molecule has 0 unspecified atom stereocenters. The molecule has 0 amide bonds. The van der Waals surface area contributed by atoms with Crippen LogP contribution in [0.1, 0.15) is 129 Å². The van der Waals surface area contributed by atoms with E-state index in [9.17, 15) is 9.90 Å². The molecule has 0 aliphatic carbocycles. The first kappa shape index (κ1) is 40.8. The highest BCUT2D eigenvalue weighted by atomic mass is 28.4. The Morgan fingerprint density at radius 3 is 1.52 bits per heavy atom. The number of carbonyl (C=O) groups is 1. The standard InChI is InChI=1S/C37H68O5Si2/c1-25(2)43(26(3)4,27(5)6)41-35(31(13)33(38)23-20-24-34(39)40-37(14,15)16)36(32-21-18-17-19-22-32)42-44(28(7)8,29(9)10)30(11)12/h17-22,24-31,33,35-36,38H,23H2,1-16H3/b24-20+/t31-,33-,35+,36+/m0/s1. The van der Waals surface area contributed by atoms with Crippen LogP contribution in [-0.4, -0.2) is 45.5 Å². The number of hydrogen-bond acceptors (Lipinski definition) is 5. The van der Waals surface area contributed by atoms with Gasteiger partial charge in [0, 0.05) is 12.0 Å². The molecule has 1 aromatic rings. The molecule has 0 spiro atoms. The van der Waals surface area contributed by atoms with Gasteiger partial charge in [0.2, 0.25) is 16.6 Å². The summed E-state index contributed by atoms with van der Waals surface area (Å²) in [6, 6.07) is 10.5. The van der Waals surface area contributed by atoms with Gasteiger partial charge in [-0.1, -0.05) is 126 Å². The van der Waals surface area contributed by atoms with E-state index in [-0.39, 0.29) is 18.1 Å². The third-order valence-corrected chi connectivity index (χ3v) is 21.8. The Balaban J connectivity index is 3.86. The molecule has 0 saturated heterocycles. The average molecular weight is 649 g/mol. The van der Waals surface area contributed by atoms with E-state index in [2.05, 4.69) is 114 Å². The molecule has 7 heteroatoms. The van der Waals surface area contributed by atoms with E-state index in [1.165, 1.54) is 6.08 Å². The molecular formula is C37H68O5Si2. The summed E-state index contributed by atoms with van der Waals surface area (Å²) in [5.74, 6) is -0.659. The van der Waals surface area contributed by atoms with Gasteiger partial charge in [-0.05, 0) is 66.0 Å². The van der Waals surface area contributed by atoms with E-state index in [4.69, 9.17) is 13.6 Å². The van der Waals surface area contributed by atoms with Crippen molar-refractivity contribution in [2.75, 3.05) is 0 Å². The van der Waals surface area contributed by atoms with Crippen LogP contribution < -0.4 is 0 Å². The minimum atomic E-state index is -2.40. The molecule has 254 valence electrons. The van der Waals surface area contributed by atoms with E-state index >= 15 is 0 Å². The maximum Gasteiger partial charge on any atom is 0.330 e. The van der Waals surface area contributed by atoms with Gasteiger partial charge in [-0.3, -0.25) is 0 Å². The summed E-state index contributed by atoms with van der Waals surface area (Å²) in [7, 11) is -4.75. The number of aliphatic hydroxyl groups excluding tert-OH is 1. The van der Waals surface area contributed by atoms with Crippen LogP contribution in [0.15, 0.2) is 42.5 Å². The van der Waals surface area contributed by atoms with Crippen molar-refractivity contribution in [2.45, 2.75) is 174 Å². The fourth-order valence-corrected chi connectivity index (χ4v) is 18.9. The summed E-state index contributed by atoms with van der Waals surface area (Å²) in [6.07, 6.45) is 2.05. The normalized spacial score (nSPS) is 16.5. The Morgan fingerprint density at radius 1 is 0.727 bits per heavy atom. The minimum absolute atomic E-state index is 0.259. The van der Waals surface area contributed by atoms with Gasteiger partial charge in [0.25, 0.3) is 0 Å². The third kappa shape index (κ3) is 10.1. The average Bonchev–Trinajstić information content (AvgIpc) is 2.88. The van der Waals surface area contributed by atoms with E-state index in [1.54, 1.807) is 6.08 Å². The summed E-state index contributed by atoms with van der Waals surface area (Å²) in [5, 5.41) is 11.8. The molecule has 1 N–H and O–H groups in total. The fourth-order valence-electron chi connectivity index (χ4n) is 7.76. The van der Waals surface area contributed by atoms with Crippen LogP contribution in [-0.2, 0) is 18.4 Å². The zero-order valence-electron chi connectivity index (χ0n) is 31.1. The second-order valence-electron chi connectivity index (χ2n) is 15.8. The zero-order chi connectivity index (χ0) is 34.2. The Labute approximate surface area is 273 Å². The Hall–Kier alpha value is -1.26. The highest BCUT2D eigenvalue weighted by Gasteiger charge is 2.53. The Kier molecular flexibility index (Phi) is 15.8. The largest absolute Gasteiger partial charge is 0.457 e. The fraction of sp³-hybridized carbons (Fsp3) is 0.757. The summed E-state index contributed by atoms with van der Waals surface area (Å²) in [6.45, 7) is 35.4. The van der Waals surface area contributed by atoms with Crippen molar-refractivity contribution >= 4 is 22.6 Å². The smallest absolute Gasteiger partial charge is 0.330 e. The van der Waals surface area contributed by atoms with Gasteiger partial charge in [-0.15, -0.1) is 0 Å². The van der Waals surface area contributed by atoms with E-state index in [0.717, 1.165) is 5.56 Å². The predicted octanol–water partition coefficient (Wildman–Crippen LogP) is 10.8. The van der Waals surface area contributed by atoms with E-state index in [1.807, 2.05) is 26.8 Å². The van der Waals surface area contributed by atoms with Gasteiger partial charge in [0.15, 0.2) is 0 Å². The number of carbonyl (C=O) groups excluding carboxylic acids is 1. The highest BCUT2D eigenvalue weighted by Crippen LogP contribution is 2.50. The summed E-state index contributed by atoms with van der Waals surface area (Å²) in [5.41, 5.74) is 2.85. The first-order valence-electron chi connectivity index (χ1n) is 17.1. The minimum Gasteiger partial charge on any atom is -0.457 e. The lowest BCUT2D eigenvalue weighted by atomic mass is 9.89. The van der Waals surface area contributed by atoms with Crippen LogP contribution in [0, 0.1) is 5.92 Å². The quantitative estimate of drug-likeness (QED) is 0.103. The molecule has 0 saturated carbocycles. The molecule has 5 nitrogen and oxygen atoms in total. The van der Waals surface area contributed by atoms with Crippen LogP contribution in [0.25, 0.3) is 0 Å². The van der Waals surface area contributed by atoms with Crippen LogP contribution in [0.2, 0.25) is 33.2 Å². The van der Waals surface area contributed by atoms with Crippen LogP contribution in [0.3, 0.4) is 0 Å². The molecule has 0 heterocycles. The first-order valence-corrected chi connectivity index (χ1v) is 21.4. The number of benzene rings is 1. The molecule has 0 aromatic heterocycles. The first-order chi connectivity index (χ1) is 20.1. The van der Waals surface area contributed by atoms with Crippen molar-refractivity contribution in [3.8, 4) is 0 Å². The van der Waals surface area contributed by atoms with Gasteiger partial charge in [0.1, 0.15) is 5.60 Å². The molecule has 0 bridgehead atoms. The maximum atomic E-state index is 12.4. The van der Waals surface area contributed by atoms with Crippen molar-refractivity contribution in [1.82, 2.24) is 0 Å². The lowest BCUT2D eigenvalue weighted by Crippen LogP contribution is -2.56.